The summed E-state index contributed by atoms with van der Waals surface area (Å²) in [7, 11) is 0. The molecule has 0 spiro atoms. The van der Waals surface area contributed by atoms with Crippen molar-refractivity contribution in [3.8, 4) is 16.9 Å². The zero-order valence-electron chi connectivity index (χ0n) is 21.5. The van der Waals surface area contributed by atoms with Crippen LogP contribution in [0.25, 0.3) is 21.9 Å². The van der Waals surface area contributed by atoms with Crippen molar-refractivity contribution >= 4 is 45.0 Å². The molecule has 5 aromatic rings. The van der Waals surface area contributed by atoms with E-state index in [4.69, 9.17) is 9.47 Å². The molecular formula is C32H25NO6S. The molecular weight excluding hydrogens is 526 g/mol. The molecule has 1 atom stereocenters. The van der Waals surface area contributed by atoms with Gasteiger partial charge < -0.3 is 19.9 Å². The fourth-order valence-electron chi connectivity index (χ4n) is 4.33. The van der Waals surface area contributed by atoms with Gasteiger partial charge in [0.05, 0.1) is 6.61 Å². The number of fused-ring (bicyclic) bond motifs is 1. The molecule has 0 saturated heterocycles. The number of esters is 2. The first-order chi connectivity index (χ1) is 19.5. The van der Waals surface area contributed by atoms with Crippen LogP contribution in [-0.2, 0) is 14.3 Å². The highest BCUT2D eigenvalue weighted by Crippen LogP contribution is 2.37. The smallest absolute Gasteiger partial charge is 0.343 e. The van der Waals surface area contributed by atoms with Gasteiger partial charge in [0.15, 0.2) is 0 Å². The summed E-state index contributed by atoms with van der Waals surface area (Å²) < 4.78 is 11.0. The summed E-state index contributed by atoms with van der Waals surface area (Å²) in [6.07, 6.45) is -1.36. The summed E-state index contributed by atoms with van der Waals surface area (Å²) in [5, 5.41) is 16.9. The highest BCUT2D eigenvalue weighted by molar-refractivity contribution is 7.15. The third-order valence-electron chi connectivity index (χ3n) is 6.24. The molecule has 0 fully saturated rings. The number of carbonyl (C=O) groups is 3. The number of amides is 1. The van der Waals surface area contributed by atoms with Crippen LogP contribution in [0.3, 0.4) is 0 Å². The summed E-state index contributed by atoms with van der Waals surface area (Å²) >= 11 is 1.17. The van der Waals surface area contributed by atoms with E-state index < -0.39 is 23.9 Å². The van der Waals surface area contributed by atoms with Crippen molar-refractivity contribution in [2.24, 2.45) is 0 Å². The zero-order chi connectivity index (χ0) is 28.1. The number of phenolic OH excluding ortho intramolecular Hbond substituents is 1. The lowest BCUT2D eigenvalue weighted by Crippen LogP contribution is -2.26. The van der Waals surface area contributed by atoms with Gasteiger partial charge in [0.2, 0.25) is 6.10 Å². The molecule has 0 unspecified atom stereocenters. The Hall–Kier alpha value is -4.95. The molecule has 0 aliphatic rings. The van der Waals surface area contributed by atoms with E-state index >= 15 is 0 Å². The molecule has 40 heavy (non-hydrogen) atoms. The van der Waals surface area contributed by atoms with E-state index in [9.17, 15) is 19.5 Å². The molecule has 1 aromatic heterocycles. The minimum absolute atomic E-state index is 0.0675. The molecule has 0 aliphatic heterocycles. The van der Waals surface area contributed by atoms with Crippen LogP contribution >= 0.6 is 11.3 Å². The average molecular weight is 552 g/mol. The van der Waals surface area contributed by atoms with Crippen LogP contribution in [0.5, 0.6) is 5.75 Å². The average Bonchev–Trinajstić information content (AvgIpc) is 3.40. The molecule has 4 aromatic carbocycles. The second-order valence-corrected chi connectivity index (χ2v) is 9.72. The highest BCUT2D eigenvalue weighted by Gasteiger charge is 2.30. The van der Waals surface area contributed by atoms with E-state index in [1.165, 1.54) is 23.5 Å². The van der Waals surface area contributed by atoms with Crippen molar-refractivity contribution in [1.29, 1.82) is 0 Å². The number of ether oxygens (including phenoxy) is 2. The number of hydrogen-bond acceptors (Lipinski definition) is 7. The molecule has 1 heterocycles. The molecule has 5 rings (SSSR count). The number of hydrogen-bond donors (Lipinski definition) is 2. The molecule has 1 amide bonds. The maximum Gasteiger partial charge on any atom is 0.343 e. The van der Waals surface area contributed by atoms with Crippen LogP contribution in [0.1, 0.15) is 39.3 Å². The van der Waals surface area contributed by atoms with Gasteiger partial charge in [0, 0.05) is 16.5 Å². The fraction of sp³-hybridized carbons (Fsp3) is 0.0938. The predicted molar refractivity (Wildman–Crippen MR) is 155 cm³/mol. The van der Waals surface area contributed by atoms with E-state index in [1.807, 2.05) is 54.6 Å². The molecule has 0 radical (unpaired) electrons. The molecule has 8 heteroatoms. The Morgan fingerprint density at radius 2 is 1.48 bits per heavy atom. The summed E-state index contributed by atoms with van der Waals surface area (Å²) in [5.41, 5.74) is 1.99. The number of rotatable bonds is 8. The van der Waals surface area contributed by atoms with Gasteiger partial charge in [-0.15, -0.1) is 11.3 Å². The number of aromatic hydroxyl groups is 1. The molecule has 0 aliphatic carbocycles. The lowest BCUT2D eigenvalue weighted by molar-refractivity contribution is -0.125. The summed E-state index contributed by atoms with van der Waals surface area (Å²) in [6.45, 7) is 1.87. The fourth-order valence-corrected chi connectivity index (χ4v) is 5.29. The van der Waals surface area contributed by atoms with Crippen molar-refractivity contribution in [2.45, 2.75) is 13.0 Å². The Morgan fingerprint density at radius 3 is 2.15 bits per heavy atom. The quantitative estimate of drug-likeness (QED) is 0.202. The monoisotopic (exact) mass is 551 g/mol. The maximum atomic E-state index is 13.7. The lowest BCUT2D eigenvalue weighted by Gasteiger charge is -2.19. The van der Waals surface area contributed by atoms with Crippen molar-refractivity contribution in [1.82, 2.24) is 0 Å². The van der Waals surface area contributed by atoms with Crippen LogP contribution in [-0.4, -0.2) is 29.6 Å². The minimum Gasteiger partial charge on any atom is -0.507 e. The van der Waals surface area contributed by atoms with Gasteiger partial charge >= 0.3 is 11.9 Å². The summed E-state index contributed by atoms with van der Waals surface area (Å²) in [5.74, 6) is -2.36. The Kier molecular flexibility index (Phi) is 7.89. The zero-order valence-corrected chi connectivity index (χ0v) is 22.3. The van der Waals surface area contributed by atoms with Crippen LogP contribution < -0.4 is 5.32 Å². The SMILES string of the molecule is CCOC(=O)c1c(-c2ccccc2)csc1NC(=O)[C@@H](OC(=O)c1cc2ccccc2cc1O)c1ccccc1. The van der Waals surface area contributed by atoms with Gasteiger partial charge in [-0.2, -0.15) is 0 Å². The first-order valence-electron chi connectivity index (χ1n) is 12.6. The van der Waals surface area contributed by atoms with Crippen molar-refractivity contribution in [3.05, 3.63) is 119 Å². The van der Waals surface area contributed by atoms with Crippen LogP contribution in [0, 0.1) is 0 Å². The lowest BCUT2D eigenvalue weighted by atomic mass is 10.0. The molecule has 0 bridgehead atoms. The minimum atomic E-state index is -1.36. The standard InChI is InChI=1S/C32H25NO6S/c1-2-38-32(37)27-25(20-11-5-3-6-12-20)19-40-30(27)33-29(35)28(21-13-7-4-8-14-21)39-31(36)24-17-22-15-9-10-16-23(22)18-26(24)34/h3-19,28,34H,2H2,1H3,(H,33,35)/t28-/m0/s1. The second kappa shape index (κ2) is 11.8. The predicted octanol–water partition coefficient (Wildman–Crippen LogP) is 6.99. The third kappa shape index (κ3) is 5.57. The summed E-state index contributed by atoms with van der Waals surface area (Å²) in [4.78, 5) is 39.9. The first-order valence-corrected chi connectivity index (χ1v) is 13.5. The van der Waals surface area contributed by atoms with Crippen molar-refractivity contribution in [3.63, 3.8) is 0 Å². The Morgan fingerprint density at radius 1 is 0.850 bits per heavy atom. The van der Waals surface area contributed by atoms with Gasteiger partial charge in [-0.3, -0.25) is 4.79 Å². The summed E-state index contributed by atoms with van der Waals surface area (Å²) in [6, 6.07) is 28.1. The number of carbonyl (C=O) groups excluding carboxylic acids is 3. The van der Waals surface area contributed by atoms with Crippen molar-refractivity contribution < 1.29 is 29.0 Å². The Labute approximate surface area is 234 Å². The number of thiophene rings is 1. The first kappa shape index (κ1) is 26.6. The highest BCUT2D eigenvalue weighted by atomic mass is 32.1. The second-order valence-electron chi connectivity index (χ2n) is 8.84. The van der Waals surface area contributed by atoms with Crippen LogP contribution in [0.15, 0.2) is 102 Å². The normalized spacial score (nSPS) is 11.5. The van der Waals surface area contributed by atoms with Gasteiger partial charge in [-0.1, -0.05) is 84.9 Å². The van der Waals surface area contributed by atoms with E-state index in [0.29, 0.717) is 11.1 Å². The molecule has 2 N–H and O–H groups in total. The van der Waals surface area contributed by atoms with Gasteiger partial charge in [0.25, 0.3) is 5.91 Å². The van der Waals surface area contributed by atoms with Gasteiger partial charge in [-0.25, -0.2) is 9.59 Å². The van der Waals surface area contributed by atoms with E-state index in [-0.39, 0.29) is 28.5 Å². The number of anilines is 1. The number of phenols is 1. The van der Waals surface area contributed by atoms with Crippen LogP contribution in [0.4, 0.5) is 5.00 Å². The third-order valence-corrected chi connectivity index (χ3v) is 7.14. The molecule has 0 saturated carbocycles. The topological polar surface area (TPSA) is 102 Å². The largest absolute Gasteiger partial charge is 0.507 e. The number of nitrogens with one attached hydrogen (secondary N) is 1. The van der Waals surface area contributed by atoms with Gasteiger partial charge in [-0.05, 0) is 35.4 Å². The van der Waals surface area contributed by atoms with Crippen molar-refractivity contribution in [2.75, 3.05) is 11.9 Å². The number of benzene rings is 4. The van der Waals surface area contributed by atoms with E-state index in [2.05, 4.69) is 5.32 Å². The molecule has 200 valence electrons. The maximum absolute atomic E-state index is 13.7. The Bertz CT molecular complexity index is 1680. The Balaban J connectivity index is 1.48. The van der Waals surface area contributed by atoms with E-state index in [0.717, 1.165) is 16.3 Å². The van der Waals surface area contributed by atoms with Crippen LogP contribution in [0.2, 0.25) is 0 Å². The van der Waals surface area contributed by atoms with Gasteiger partial charge in [0.1, 0.15) is 21.9 Å². The van der Waals surface area contributed by atoms with E-state index in [1.54, 1.807) is 42.6 Å². The molecule has 7 nitrogen and oxygen atoms in total.